The van der Waals surface area contributed by atoms with E-state index in [0.717, 1.165) is 11.3 Å². The Balaban J connectivity index is 1.74. The molecule has 0 amide bonds. The standard InChI is InChI=1S/C12H13N3S/c1-2-10(3-1)13-11-6-4-9(5-7-11)12-8-16-15-14-12/h4-8,10,13H,1-3H2. The van der Waals surface area contributed by atoms with E-state index >= 15 is 0 Å². The second-order valence-corrected chi connectivity index (χ2v) is 4.75. The third kappa shape index (κ3) is 1.93. The molecule has 0 atom stereocenters. The lowest BCUT2D eigenvalue weighted by atomic mass is 9.93. The van der Waals surface area contributed by atoms with Crippen LogP contribution in [0.1, 0.15) is 19.3 Å². The summed E-state index contributed by atoms with van der Waals surface area (Å²) >= 11 is 1.39. The molecule has 2 aromatic rings. The van der Waals surface area contributed by atoms with Gasteiger partial charge in [0.2, 0.25) is 0 Å². The zero-order valence-electron chi connectivity index (χ0n) is 8.89. The Bertz CT molecular complexity index is 446. The van der Waals surface area contributed by atoms with Crippen molar-refractivity contribution in [1.29, 1.82) is 0 Å². The van der Waals surface area contributed by atoms with Crippen molar-refractivity contribution >= 4 is 17.2 Å². The second-order valence-electron chi connectivity index (χ2n) is 4.14. The van der Waals surface area contributed by atoms with Crippen molar-refractivity contribution in [3.63, 3.8) is 0 Å². The average Bonchev–Trinajstić information content (AvgIpc) is 2.78. The first-order valence-electron chi connectivity index (χ1n) is 5.56. The lowest BCUT2D eigenvalue weighted by Gasteiger charge is -2.27. The van der Waals surface area contributed by atoms with Crippen molar-refractivity contribution < 1.29 is 0 Å². The lowest BCUT2D eigenvalue weighted by Crippen LogP contribution is -2.26. The van der Waals surface area contributed by atoms with Crippen LogP contribution >= 0.6 is 11.5 Å². The van der Waals surface area contributed by atoms with E-state index in [1.54, 1.807) is 0 Å². The van der Waals surface area contributed by atoms with E-state index in [-0.39, 0.29) is 0 Å². The number of nitrogens with zero attached hydrogens (tertiary/aromatic N) is 2. The second kappa shape index (κ2) is 4.22. The van der Waals surface area contributed by atoms with Gasteiger partial charge in [0, 0.05) is 22.7 Å². The minimum absolute atomic E-state index is 0.687. The molecular formula is C12H13N3S. The number of nitrogens with one attached hydrogen (secondary N) is 1. The summed E-state index contributed by atoms with van der Waals surface area (Å²) in [5.41, 5.74) is 3.30. The van der Waals surface area contributed by atoms with Gasteiger partial charge in [0.1, 0.15) is 5.69 Å². The van der Waals surface area contributed by atoms with Gasteiger partial charge in [-0.25, -0.2) is 0 Å². The van der Waals surface area contributed by atoms with Crippen LogP contribution in [0.5, 0.6) is 0 Å². The van der Waals surface area contributed by atoms with Crippen LogP contribution in [-0.4, -0.2) is 15.6 Å². The molecule has 82 valence electrons. The topological polar surface area (TPSA) is 37.8 Å². The summed E-state index contributed by atoms with van der Waals surface area (Å²) in [5, 5.41) is 9.54. The average molecular weight is 231 g/mol. The van der Waals surface area contributed by atoms with E-state index in [2.05, 4.69) is 39.2 Å². The summed E-state index contributed by atoms with van der Waals surface area (Å²) in [6.45, 7) is 0. The SMILES string of the molecule is c1cc(-c2csnn2)ccc1NC1CCC1. The summed E-state index contributed by atoms with van der Waals surface area (Å²) in [6.07, 6.45) is 3.97. The van der Waals surface area contributed by atoms with Crippen LogP contribution in [0.4, 0.5) is 5.69 Å². The van der Waals surface area contributed by atoms with Crippen LogP contribution in [0.15, 0.2) is 29.6 Å². The molecular weight excluding hydrogens is 218 g/mol. The Morgan fingerprint density at radius 3 is 2.56 bits per heavy atom. The smallest absolute Gasteiger partial charge is 0.105 e. The third-order valence-corrected chi connectivity index (χ3v) is 3.52. The molecule has 1 fully saturated rings. The van der Waals surface area contributed by atoms with Gasteiger partial charge in [0.05, 0.1) is 0 Å². The van der Waals surface area contributed by atoms with Gasteiger partial charge in [0.15, 0.2) is 0 Å². The maximum absolute atomic E-state index is 4.05. The van der Waals surface area contributed by atoms with E-state index in [1.165, 1.54) is 36.5 Å². The van der Waals surface area contributed by atoms with Gasteiger partial charge in [-0.15, -0.1) is 5.10 Å². The molecule has 4 heteroatoms. The van der Waals surface area contributed by atoms with Crippen molar-refractivity contribution in [1.82, 2.24) is 9.59 Å². The zero-order chi connectivity index (χ0) is 10.8. The minimum Gasteiger partial charge on any atom is -0.382 e. The Labute approximate surface area is 98.7 Å². The Morgan fingerprint density at radius 1 is 1.19 bits per heavy atom. The minimum atomic E-state index is 0.687. The van der Waals surface area contributed by atoms with Gasteiger partial charge >= 0.3 is 0 Å². The van der Waals surface area contributed by atoms with Crippen molar-refractivity contribution in [3.8, 4) is 11.3 Å². The molecule has 0 unspecified atom stereocenters. The molecule has 0 aliphatic heterocycles. The van der Waals surface area contributed by atoms with E-state index in [1.807, 2.05) is 5.38 Å². The van der Waals surface area contributed by atoms with Gasteiger partial charge in [-0.05, 0) is 42.9 Å². The molecule has 1 aliphatic rings. The molecule has 3 nitrogen and oxygen atoms in total. The van der Waals surface area contributed by atoms with Gasteiger partial charge in [-0.3, -0.25) is 0 Å². The first-order valence-corrected chi connectivity index (χ1v) is 6.39. The third-order valence-electron chi connectivity index (χ3n) is 3.02. The number of hydrogen-bond acceptors (Lipinski definition) is 4. The highest BCUT2D eigenvalue weighted by Gasteiger charge is 2.16. The monoisotopic (exact) mass is 231 g/mol. The maximum atomic E-state index is 4.05. The molecule has 0 spiro atoms. The molecule has 1 aliphatic carbocycles. The number of anilines is 1. The van der Waals surface area contributed by atoms with Crippen molar-refractivity contribution in [2.24, 2.45) is 0 Å². The number of rotatable bonds is 3. The van der Waals surface area contributed by atoms with Crippen molar-refractivity contribution in [2.75, 3.05) is 5.32 Å². The molecule has 16 heavy (non-hydrogen) atoms. The van der Waals surface area contributed by atoms with Gasteiger partial charge in [-0.2, -0.15) is 0 Å². The fourth-order valence-corrected chi connectivity index (χ4v) is 2.28. The Kier molecular flexibility index (Phi) is 2.58. The molecule has 0 saturated heterocycles. The fraction of sp³-hybridized carbons (Fsp3) is 0.333. The van der Waals surface area contributed by atoms with E-state index in [4.69, 9.17) is 0 Å². The van der Waals surface area contributed by atoms with Crippen LogP contribution in [0.2, 0.25) is 0 Å². The molecule has 0 bridgehead atoms. The lowest BCUT2D eigenvalue weighted by molar-refractivity contribution is 0.445. The van der Waals surface area contributed by atoms with Crippen LogP contribution in [0.25, 0.3) is 11.3 Å². The summed E-state index contributed by atoms with van der Waals surface area (Å²) < 4.78 is 3.87. The first kappa shape index (κ1) is 9.78. The number of hydrogen-bond donors (Lipinski definition) is 1. The molecule has 1 heterocycles. The summed E-state index contributed by atoms with van der Waals surface area (Å²) in [4.78, 5) is 0. The highest BCUT2D eigenvalue weighted by Crippen LogP contribution is 2.25. The van der Waals surface area contributed by atoms with Crippen LogP contribution in [0.3, 0.4) is 0 Å². The summed E-state index contributed by atoms with van der Waals surface area (Å²) in [7, 11) is 0. The van der Waals surface area contributed by atoms with Gasteiger partial charge in [-0.1, -0.05) is 16.6 Å². The molecule has 0 radical (unpaired) electrons. The Hall–Kier alpha value is -1.42. The van der Waals surface area contributed by atoms with Crippen LogP contribution < -0.4 is 5.32 Å². The highest BCUT2D eigenvalue weighted by atomic mass is 32.1. The van der Waals surface area contributed by atoms with Crippen molar-refractivity contribution in [2.45, 2.75) is 25.3 Å². The van der Waals surface area contributed by atoms with Crippen LogP contribution in [0, 0.1) is 0 Å². The van der Waals surface area contributed by atoms with E-state index in [0.29, 0.717) is 6.04 Å². The maximum Gasteiger partial charge on any atom is 0.105 e. The molecule has 1 aromatic carbocycles. The summed E-state index contributed by atoms with van der Waals surface area (Å²) in [6, 6.07) is 9.11. The molecule has 3 rings (SSSR count). The van der Waals surface area contributed by atoms with E-state index in [9.17, 15) is 0 Å². The fourth-order valence-electron chi connectivity index (χ4n) is 1.82. The van der Waals surface area contributed by atoms with Gasteiger partial charge < -0.3 is 5.32 Å². The van der Waals surface area contributed by atoms with Gasteiger partial charge in [0.25, 0.3) is 0 Å². The predicted molar refractivity (Wildman–Crippen MR) is 66.6 cm³/mol. The van der Waals surface area contributed by atoms with Crippen molar-refractivity contribution in [3.05, 3.63) is 29.6 Å². The van der Waals surface area contributed by atoms with E-state index < -0.39 is 0 Å². The first-order chi connectivity index (χ1) is 7.92. The molecule has 1 aromatic heterocycles. The number of benzene rings is 1. The molecule has 1 N–H and O–H groups in total. The normalized spacial score (nSPS) is 15.8. The quantitative estimate of drug-likeness (QED) is 0.881. The summed E-state index contributed by atoms with van der Waals surface area (Å²) in [5.74, 6) is 0. The molecule has 1 saturated carbocycles. The largest absolute Gasteiger partial charge is 0.382 e. The Morgan fingerprint density at radius 2 is 2.00 bits per heavy atom. The predicted octanol–water partition coefficient (Wildman–Crippen LogP) is 3.17. The highest BCUT2D eigenvalue weighted by molar-refractivity contribution is 7.03. The van der Waals surface area contributed by atoms with Crippen LogP contribution in [-0.2, 0) is 0 Å². The number of aromatic nitrogens is 2. The zero-order valence-corrected chi connectivity index (χ0v) is 9.70.